The van der Waals surface area contributed by atoms with Crippen molar-refractivity contribution in [2.24, 2.45) is 0 Å². The number of nitrogens with zero attached hydrogens (tertiary/aromatic N) is 2. The predicted octanol–water partition coefficient (Wildman–Crippen LogP) is 2.96. The molecule has 0 bridgehead atoms. The number of imidazole rings is 1. The maximum Gasteiger partial charge on any atom is 0.345 e. The smallest absolute Gasteiger partial charge is 0.345 e. The van der Waals surface area contributed by atoms with Crippen molar-refractivity contribution in [1.82, 2.24) is 9.38 Å². The van der Waals surface area contributed by atoms with Crippen LogP contribution in [0.15, 0.2) is 22.1 Å². The third-order valence-corrected chi connectivity index (χ3v) is 4.14. The zero-order valence-corrected chi connectivity index (χ0v) is 11.9. The highest BCUT2D eigenvalue weighted by molar-refractivity contribution is 8.04. The second-order valence-electron chi connectivity index (χ2n) is 4.43. The molecule has 1 aliphatic rings. The number of carbonyl (C=O) groups is 1. The summed E-state index contributed by atoms with van der Waals surface area (Å²) in [6.45, 7) is 6.20. The maximum absolute atomic E-state index is 11.9. The summed E-state index contributed by atoms with van der Waals surface area (Å²) in [6, 6.07) is 4.05. The zero-order valence-electron chi connectivity index (χ0n) is 11.1. The van der Waals surface area contributed by atoms with E-state index < -0.39 is 0 Å². The van der Waals surface area contributed by atoms with Gasteiger partial charge in [-0.25, -0.2) is 9.78 Å². The Bertz CT molecular complexity index is 716. The van der Waals surface area contributed by atoms with Gasteiger partial charge in [0.05, 0.1) is 23.0 Å². The number of thioether (sulfide) groups is 1. The first kappa shape index (κ1) is 12.3. The van der Waals surface area contributed by atoms with Crippen LogP contribution < -0.4 is 0 Å². The van der Waals surface area contributed by atoms with Gasteiger partial charge in [0.25, 0.3) is 0 Å². The van der Waals surface area contributed by atoms with E-state index in [0.717, 1.165) is 27.6 Å². The maximum atomic E-state index is 11.9. The van der Waals surface area contributed by atoms with E-state index >= 15 is 0 Å². The Morgan fingerprint density at radius 1 is 1.42 bits per heavy atom. The lowest BCUT2D eigenvalue weighted by Crippen LogP contribution is -2.09. The molecule has 0 N–H and O–H groups in total. The number of rotatable bonds is 2. The minimum atomic E-state index is -0.270. The van der Waals surface area contributed by atoms with Gasteiger partial charge in [0.1, 0.15) is 10.6 Å². The second kappa shape index (κ2) is 4.42. The number of hydrogen-bond donors (Lipinski definition) is 0. The van der Waals surface area contributed by atoms with Gasteiger partial charge >= 0.3 is 5.97 Å². The van der Waals surface area contributed by atoms with Crippen molar-refractivity contribution in [2.45, 2.75) is 25.8 Å². The summed E-state index contributed by atoms with van der Waals surface area (Å²) in [6.07, 6.45) is 1.87. The number of aryl methyl sites for hydroxylation is 2. The van der Waals surface area contributed by atoms with Gasteiger partial charge in [0.2, 0.25) is 0 Å². The van der Waals surface area contributed by atoms with Gasteiger partial charge in [-0.3, -0.25) is 4.40 Å². The van der Waals surface area contributed by atoms with Gasteiger partial charge in [-0.15, -0.1) is 0 Å². The Morgan fingerprint density at radius 2 is 2.21 bits per heavy atom. The van der Waals surface area contributed by atoms with E-state index in [9.17, 15) is 4.79 Å². The molecular formula is C14H14N2O2S. The van der Waals surface area contributed by atoms with Crippen LogP contribution in [-0.2, 0) is 9.53 Å². The monoisotopic (exact) mass is 274 g/mol. The van der Waals surface area contributed by atoms with Crippen LogP contribution in [0.25, 0.3) is 11.7 Å². The van der Waals surface area contributed by atoms with E-state index in [-0.39, 0.29) is 5.97 Å². The summed E-state index contributed by atoms with van der Waals surface area (Å²) in [7, 11) is 0. The Hall–Kier alpha value is -1.75. The van der Waals surface area contributed by atoms with Gasteiger partial charge in [-0.1, -0.05) is 17.8 Å². The number of carbonyl (C=O) groups excluding carboxylic acids is 1. The van der Waals surface area contributed by atoms with Crippen molar-refractivity contribution in [3.8, 4) is 0 Å². The van der Waals surface area contributed by atoms with Crippen molar-refractivity contribution in [3.63, 3.8) is 0 Å². The Labute approximate surface area is 115 Å². The molecule has 0 unspecified atom stereocenters. The first-order valence-corrected chi connectivity index (χ1v) is 6.98. The van der Waals surface area contributed by atoms with Gasteiger partial charge in [-0.2, -0.15) is 0 Å². The van der Waals surface area contributed by atoms with Crippen LogP contribution in [-0.4, -0.2) is 22.0 Å². The third kappa shape index (κ3) is 1.85. The van der Waals surface area contributed by atoms with E-state index in [1.54, 1.807) is 0 Å². The minimum Gasteiger partial charge on any atom is -0.462 e. The van der Waals surface area contributed by atoms with Crippen molar-refractivity contribution in [1.29, 1.82) is 0 Å². The van der Waals surface area contributed by atoms with E-state index in [2.05, 4.69) is 9.38 Å². The van der Waals surface area contributed by atoms with Crippen molar-refractivity contribution < 1.29 is 9.53 Å². The Kier molecular flexibility index (Phi) is 2.86. The summed E-state index contributed by atoms with van der Waals surface area (Å²) < 4.78 is 7.17. The molecule has 2 aromatic rings. The van der Waals surface area contributed by atoms with Gasteiger partial charge in [0.15, 0.2) is 0 Å². The summed E-state index contributed by atoms with van der Waals surface area (Å²) in [5.74, 6) is -0.270. The van der Waals surface area contributed by atoms with Crippen LogP contribution in [0.5, 0.6) is 0 Å². The van der Waals surface area contributed by atoms with Crippen LogP contribution in [0.2, 0.25) is 0 Å². The minimum absolute atomic E-state index is 0.270. The van der Waals surface area contributed by atoms with Gasteiger partial charge in [0, 0.05) is 0 Å². The lowest BCUT2D eigenvalue weighted by atomic mass is 10.3. The van der Waals surface area contributed by atoms with E-state index in [4.69, 9.17) is 4.74 Å². The molecule has 0 spiro atoms. The van der Waals surface area contributed by atoms with Crippen LogP contribution in [0.4, 0.5) is 0 Å². The lowest BCUT2D eigenvalue weighted by molar-refractivity contribution is -0.137. The number of aromatic nitrogens is 2. The predicted molar refractivity (Wildman–Crippen MR) is 75.1 cm³/mol. The average Bonchev–Trinajstić information content (AvgIpc) is 2.73. The fraction of sp³-hybridized carbons (Fsp3) is 0.286. The molecule has 0 saturated carbocycles. The molecule has 98 valence electrons. The largest absolute Gasteiger partial charge is 0.462 e. The molecule has 0 aromatic carbocycles. The van der Waals surface area contributed by atoms with Crippen molar-refractivity contribution >= 4 is 29.5 Å². The fourth-order valence-corrected chi connectivity index (χ4v) is 3.14. The van der Waals surface area contributed by atoms with Crippen LogP contribution >= 0.6 is 11.8 Å². The molecule has 2 aromatic heterocycles. The molecule has 1 aliphatic heterocycles. The molecule has 0 radical (unpaired) electrons. The molecule has 0 fully saturated rings. The molecule has 4 nitrogen and oxygen atoms in total. The standard InChI is InChI=1S/C14H14N2O2S/c1-4-18-14(17)11-7-10-9(3)15-13-8(2)5-6-12(19-11)16(10)13/h5-7H,4H2,1-3H3. The highest BCUT2D eigenvalue weighted by Gasteiger charge is 2.23. The third-order valence-electron chi connectivity index (χ3n) is 3.10. The number of ether oxygens (including phenoxy) is 1. The number of esters is 1. The van der Waals surface area contributed by atoms with E-state index in [0.29, 0.717) is 11.5 Å². The molecule has 3 rings (SSSR count). The normalized spacial score (nSPS) is 13.5. The van der Waals surface area contributed by atoms with Crippen LogP contribution in [0, 0.1) is 13.8 Å². The molecule has 0 aliphatic carbocycles. The number of hydrogen-bond acceptors (Lipinski definition) is 4. The topological polar surface area (TPSA) is 43.6 Å². The first-order chi connectivity index (χ1) is 9.11. The summed E-state index contributed by atoms with van der Waals surface area (Å²) >= 11 is 1.43. The molecule has 0 atom stereocenters. The Morgan fingerprint density at radius 3 is 2.95 bits per heavy atom. The molecule has 3 heterocycles. The lowest BCUT2D eigenvalue weighted by Gasteiger charge is -2.15. The molecular weight excluding hydrogens is 260 g/mol. The highest BCUT2D eigenvalue weighted by Crippen LogP contribution is 2.36. The molecule has 19 heavy (non-hydrogen) atoms. The zero-order chi connectivity index (χ0) is 13.6. The Balaban J connectivity index is 2.20. The first-order valence-electron chi connectivity index (χ1n) is 6.17. The summed E-state index contributed by atoms with van der Waals surface area (Å²) in [4.78, 5) is 17.1. The van der Waals surface area contributed by atoms with Gasteiger partial charge < -0.3 is 4.74 Å². The quantitative estimate of drug-likeness (QED) is 0.790. The van der Waals surface area contributed by atoms with E-state index in [1.807, 2.05) is 39.0 Å². The highest BCUT2D eigenvalue weighted by atomic mass is 32.2. The summed E-state index contributed by atoms with van der Waals surface area (Å²) in [5.41, 5.74) is 3.98. The van der Waals surface area contributed by atoms with Crippen LogP contribution in [0.1, 0.15) is 23.9 Å². The SMILES string of the molecule is CCOC(=O)C1=Cc2c(C)nc3c(C)ccc(n23)S1. The van der Waals surface area contributed by atoms with Crippen molar-refractivity contribution in [3.05, 3.63) is 34.0 Å². The van der Waals surface area contributed by atoms with Gasteiger partial charge in [-0.05, 0) is 38.5 Å². The summed E-state index contributed by atoms with van der Waals surface area (Å²) in [5, 5.41) is 1.00. The van der Waals surface area contributed by atoms with Crippen molar-refractivity contribution in [2.75, 3.05) is 6.61 Å². The second-order valence-corrected chi connectivity index (χ2v) is 5.49. The average molecular weight is 274 g/mol. The van der Waals surface area contributed by atoms with E-state index in [1.165, 1.54) is 11.8 Å². The fourth-order valence-electron chi connectivity index (χ4n) is 2.19. The molecule has 0 amide bonds. The molecule has 0 saturated heterocycles. The number of pyridine rings is 1. The molecule has 5 heteroatoms. The van der Waals surface area contributed by atoms with Crippen LogP contribution in [0.3, 0.4) is 0 Å².